The smallest absolute Gasteiger partial charge is 0.324 e. The SMILES string of the molecule is CC(=O)c1cccc(NC(=O)Cn2nc3ccc(Sc4ccc(C)cc4)nn3c2=O)c1. The second-order valence-electron chi connectivity index (χ2n) is 6.98. The molecule has 2 aromatic heterocycles. The zero-order valence-corrected chi connectivity index (χ0v) is 17.7. The van der Waals surface area contributed by atoms with E-state index in [1.54, 1.807) is 36.4 Å². The van der Waals surface area contributed by atoms with E-state index in [1.807, 2.05) is 31.2 Å². The number of hydrogen-bond donors (Lipinski definition) is 1. The van der Waals surface area contributed by atoms with Crippen LogP contribution in [0.3, 0.4) is 0 Å². The maximum absolute atomic E-state index is 12.7. The Labute approximate surface area is 181 Å². The number of aryl methyl sites for hydroxylation is 1. The summed E-state index contributed by atoms with van der Waals surface area (Å²) in [5.41, 5.74) is 1.98. The maximum atomic E-state index is 12.7. The van der Waals surface area contributed by atoms with Gasteiger partial charge in [-0.1, -0.05) is 41.6 Å². The van der Waals surface area contributed by atoms with Crippen LogP contribution in [0.5, 0.6) is 0 Å². The minimum absolute atomic E-state index is 0.0990. The summed E-state index contributed by atoms with van der Waals surface area (Å²) in [6, 6.07) is 18.1. The lowest BCUT2D eigenvalue weighted by Crippen LogP contribution is -2.28. The van der Waals surface area contributed by atoms with Gasteiger partial charge in [0, 0.05) is 16.1 Å². The first-order valence-electron chi connectivity index (χ1n) is 9.51. The van der Waals surface area contributed by atoms with Crippen molar-refractivity contribution in [2.24, 2.45) is 0 Å². The number of nitrogens with one attached hydrogen (secondary N) is 1. The number of Topliss-reactive ketones (excluding diaryl/α,β-unsaturated/α-hetero) is 1. The van der Waals surface area contributed by atoms with Gasteiger partial charge in [0.25, 0.3) is 0 Å². The lowest BCUT2D eigenvalue weighted by molar-refractivity contribution is -0.117. The van der Waals surface area contributed by atoms with Gasteiger partial charge in [0.1, 0.15) is 11.6 Å². The van der Waals surface area contributed by atoms with E-state index in [0.29, 0.717) is 21.9 Å². The van der Waals surface area contributed by atoms with Gasteiger partial charge in [-0.2, -0.15) is 9.61 Å². The number of carbonyl (C=O) groups is 2. The van der Waals surface area contributed by atoms with Gasteiger partial charge >= 0.3 is 5.69 Å². The highest BCUT2D eigenvalue weighted by molar-refractivity contribution is 7.99. The highest BCUT2D eigenvalue weighted by Gasteiger charge is 2.13. The van der Waals surface area contributed by atoms with Crippen LogP contribution in [-0.2, 0) is 11.3 Å². The van der Waals surface area contributed by atoms with Crippen LogP contribution in [-0.4, -0.2) is 31.1 Å². The molecule has 31 heavy (non-hydrogen) atoms. The van der Waals surface area contributed by atoms with E-state index in [1.165, 1.54) is 23.2 Å². The first kappa shape index (κ1) is 20.5. The molecule has 2 heterocycles. The zero-order chi connectivity index (χ0) is 22.0. The molecule has 0 saturated carbocycles. The Balaban J connectivity index is 1.51. The zero-order valence-electron chi connectivity index (χ0n) is 16.9. The molecule has 0 aliphatic rings. The lowest BCUT2D eigenvalue weighted by Gasteiger charge is -2.05. The maximum Gasteiger partial charge on any atom is 0.367 e. The van der Waals surface area contributed by atoms with E-state index in [0.717, 1.165) is 15.1 Å². The van der Waals surface area contributed by atoms with Gasteiger partial charge in [-0.3, -0.25) is 9.59 Å². The summed E-state index contributed by atoms with van der Waals surface area (Å²) < 4.78 is 2.24. The molecule has 0 aliphatic carbocycles. The molecule has 1 amide bonds. The minimum Gasteiger partial charge on any atom is -0.324 e. The molecule has 1 N–H and O–H groups in total. The van der Waals surface area contributed by atoms with Gasteiger partial charge in [0.2, 0.25) is 5.91 Å². The van der Waals surface area contributed by atoms with Crippen molar-refractivity contribution in [3.63, 3.8) is 0 Å². The van der Waals surface area contributed by atoms with Gasteiger partial charge in [0.15, 0.2) is 11.4 Å². The Bertz CT molecular complexity index is 1340. The number of nitrogens with zero attached hydrogens (tertiary/aromatic N) is 4. The standard InChI is InChI=1S/C22H19N5O3S/c1-14-6-8-18(9-7-14)31-21-11-10-19-24-26(22(30)27(19)25-21)13-20(29)23-17-5-3-4-16(12-17)15(2)28/h3-12H,13H2,1-2H3,(H,23,29). The van der Waals surface area contributed by atoms with Crippen molar-refractivity contribution in [1.29, 1.82) is 0 Å². The fourth-order valence-corrected chi connectivity index (χ4v) is 3.70. The summed E-state index contributed by atoms with van der Waals surface area (Å²) in [5.74, 6) is -0.529. The van der Waals surface area contributed by atoms with Crippen LogP contribution < -0.4 is 11.0 Å². The highest BCUT2D eigenvalue weighted by atomic mass is 32.2. The Hall–Kier alpha value is -3.72. The van der Waals surface area contributed by atoms with E-state index in [2.05, 4.69) is 15.5 Å². The third-order valence-electron chi connectivity index (χ3n) is 4.51. The van der Waals surface area contributed by atoms with Gasteiger partial charge in [-0.15, -0.1) is 5.10 Å². The molecule has 0 saturated heterocycles. The van der Waals surface area contributed by atoms with Crippen LogP contribution in [0.1, 0.15) is 22.8 Å². The van der Waals surface area contributed by atoms with Gasteiger partial charge in [-0.05, 0) is 50.2 Å². The first-order valence-corrected chi connectivity index (χ1v) is 10.3. The molecular formula is C22H19N5O3S. The van der Waals surface area contributed by atoms with Crippen LogP contribution in [0, 0.1) is 6.92 Å². The molecule has 0 atom stereocenters. The Morgan fingerprint density at radius 1 is 1.03 bits per heavy atom. The van der Waals surface area contributed by atoms with Crippen molar-refractivity contribution < 1.29 is 9.59 Å². The molecule has 9 heteroatoms. The highest BCUT2D eigenvalue weighted by Crippen LogP contribution is 2.25. The number of fused-ring (bicyclic) bond motifs is 1. The summed E-state index contributed by atoms with van der Waals surface area (Å²) in [6.07, 6.45) is 0. The normalized spacial score (nSPS) is 10.9. The molecule has 2 aromatic carbocycles. The number of hydrogen-bond acceptors (Lipinski definition) is 6. The Morgan fingerprint density at radius 2 is 1.81 bits per heavy atom. The molecule has 0 fully saturated rings. The van der Waals surface area contributed by atoms with Crippen LogP contribution >= 0.6 is 11.8 Å². The van der Waals surface area contributed by atoms with Gasteiger partial charge in [0.05, 0.1) is 0 Å². The molecule has 0 spiro atoms. The number of carbonyl (C=O) groups excluding carboxylic acids is 2. The van der Waals surface area contributed by atoms with Crippen molar-refractivity contribution in [1.82, 2.24) is 19.4 Å². The van der Waals surface area contributed by atoms with E-state index in [9.17, 15) is 14.4 Å². The lowest BCUT2D eigenvalue weighted by atomic mass is 10.1. The van der Waals surface area contributed by atoms with Crippen LogP contribution in [0.25, 0.3) is 5.65 Å². The Kier molecular flexibility index (Phi) is 5.68. The molecule has 0 unspecified atom stereocenters. The second-order valence-corrected chi connectivity index (χ2v) is 8.08. The molecule has 0 radical (unpaired) electrons. The number of aromatic nitrogens is 4. The summed E-state index contributed by atoms with van der Waals surface area (Å²) in [6.45, 7) is 3.20. The van der Waals surface area contributed by atoms with Crippen molar-refractivity contribution in [3.05, 3.63) is 82.3 Å². The average Bonchev–Trinajstić information content (AvgIpc) is 3.05. The van der Waals surface area contributed by atoms with E-state index in [4.69, 9.17) is 0 Å². The third kappa shape index (κ3) is 4.72. The fraction of sp³-hybridized carbons (Fsp3) is 0.136. The number of anilines is 1. The second kappa shape index (κ2) is 8.57. The van der Waals surface area contributed by atoms with Gasteiger partial charge < -0.3 is 5.32 Å². The third-order valence-corrected chi connectivity index (χ3v) is 5.44. The van der Waals surface area contributed by atoms with E-state index >= 15 is 0 Å². The summed E-state index contributed by atoms with van der Waals surface area (Å²) in [5, 5.41) is 11.9. The topological polar surface area (TPSA) is 98.4 Å². The van der Waals surface area contributed by atoms with Gasteiger partial charge in [-0.25, -0.2) is 9.48 Å². The average molecular weight is 433 g/mol. The van der Waals surface area contributed by atoms with Crippen molar-refractivity contribution in [2.45, 2.75) is 30.3 Å². The van der Waals surface area contributed by atoms with Crippen molar-refractivity contribution in [2.75, 3.05) is 5.32 Å². The summed E-state index contributed by atoms with van der Waals surface area (Å²) >= 11 is 1.43. The molecule has 156 valence electrons. The molecule has 8 nitrogen and oxygen atoms in total. The number of benzene rings is 2. The number of rotatable bonds is 6. The van der Waals surface area contributed by atoms with E-state index < -0.39 is 11.6 Å². The quantitative estimate of drug-likeness (QED) is 0.469. The Morgan fingerprint density at radius 3 is 2.55 bits per heavy atom. The molecule has 0 bridgehead atoms. The molecule has 0 aliphatic heterocycles. The molecular weight excluding hydrogens is 414 g/mol. The van der Waals surface area contributed by atoms with Crippen LogP contribution in [0.2, 0.25) is 0 Å². The van der Waals surface area contributed by atoms with Crippen molar-refractivity contribution >= 4 is 34.8 Å². The number of ketones is 1. The molecule has 4 aromatic rings. The minimum atomic E-state index is -0.506. The predicted molar refractivity (Wildman–Crippen MR) is 118 cm³/mol. The summed E-state index contributed by atoms with van der Waals surface area (Å²) in [7, 11) is 0. The monoisotopic (exact) mass is 433 g/mol. The first-order chi connectivity index (χ1) is 14.9. The van der Waals surface area contributed by atoms with Crippen LogP contribution in [0.15, 0.2) is 75.4 Å². The molecule has 4 rings (SSSR count). The van der Waals surface area contributed by atoms with E-state index in [-0.39, 0.29) is 12.3 Å². The fourth-order valence-electron chi connectivity index (χ4n) is 2.93. The summed E-state index contributed by atoms with van der Waals surface area (Å²) in [4.78, 5) is 37.6. The number of amides is 1. The van der Waals surface area contributed by atoms with Crippen molar-refractivity contribution in [3.8, 4) is 0 Å². The largest absolute Gasteiger partial charge is 0.367 e. The predicted octanol–water partition coefficient (Wildman–Crippen LogP) is 3.19. The van der Waals surface area contributed by atoms with Crippen LogP contribution in [0.4, 0.5) is 5.69 Å².